The second kappa shape index (κ2) is 8.29. The number of nitrogens with one attached hydrogen (secondary N) is 2. The predicted molar refractivity (Wildman–Crippen MR) is 86.4 cm³/mol. The van der Waals surface area contributed by atoms with Crippen LogP contribution in [0.1, 0.15) is 51.9 Å². The van der Waals surface area contributed by atoms with Crippen LogP contribution in [0.4, 0.5) is 0 Å². The highest BCUT2D eigenvalue weighted by molar-refractivity contribution is 5.92. The van der Waals surface area contributed by atoms with E-state index in [0.717, 1.165) is 32.2 Å². The Kier molecular flexibility index (Phi) is 6.38. The average Bonchev–Trinajstić information content (AvgIpc) is 2.99. The van der Waals surface area contributed by atoms with Crippen molar-refractivity contribution in [1.29, 1.82) is 0 Å². The van der Waals surface area contributed by atoms with Gasteiger partial charge in [-0.1, -0.05) is 0 Å². The van der Waals surface area contributed by atoms with Crippen LogP contribution in [0, 0.1) is 0 Å². The molecule has 2 aliphatic rings. The van der Waals surface area contributed by atoms with Gasteiger partial charge in [-0.05, 0) is 52.0 Å². The van der Waals surface area contributed by atoms with Crippen LogP contribution in [0.2, 0.25) is 0 Å². The van der Waals surface area contributed by atoms with Crippen molar-refractivity contribution >= 4 is 17.7 Å². The highest BCUT2D eigenvalue weighted by Gasteiger charge is 2.38. The van der Waals surface area contributed by atoms with E-state index in [4.69, 9.17) is 5.73 Å². The van der Waals surface area contributed by atoms with Crippen LogP contribution in [0.5, 0.6) is 0 Å². The van der Waals surface area contributed by atoms with E-state index in [0.29, 0.717) is 31.8 Å². The number of hydrogen-bond donors (Lipinski definition) is 3. The van der Waals surface area contributed by atoms with Crippen LogP contribution in [0.3, 0.4) is 0 Å². The molecule has 23 heavy (non-hydrogen) atoms. The summed E-state index contributed by atoms with van der Waals surface area (Å²) in [5, 5.41) is 5.46. The topological polar surface area (TPSA) is 105 Å². The lowest BCUT2D eigenvalue weighted by atomic mass is 9.98. The summed E-state index contributed by atoms with van der Waals surface area (Å²) in [6, 6.07) is -0.728. The Morgan fingerprint density at radius 1 is 1.30 bits per heavy atom. The van der Waals surface area contributed by atoms with Crippen molar-refractivity contribution in [2.75, 3.05) is 13.1 Å². The average molecular weight is 324 g/mol. The van der Waals surface area contributed by atoms with Gasteiger partial charge < -0.3 is 21.3 Å². The van der Waals surface area contributed by atoms with E-state index in [1.54, 1.807) is 6.92 Å². The number of piperidine rings is 1. The summed E-state index contributed by atoms with van der Waals surface area (Å²) >= 11 is 0. The molecule has 0 bridgehead atoms. The molecule has 0 radical (unpaired) electrons. The van der Waals surface area contributed by atoms with Crippen LogP contribution in [0.15, 0.2) is 0 Å². The Labute approximate surface area is 137 Å². The third kappa shape index (κ3) is 4.67. The first-order valence-corrected chi connectivity index (χ1v) is 8.63. The predicted octanol–water partition coefficient (Wildman–Crippen LogP) is -0.110. The Morgan fingerprint density at radius 2 is 2.09 bits per heavy atom. The Hall–Kier alpha value is -1.63. The van der Waals surface area contributed by atoms with Gasteiger partial charge in [-0.25, -0.2) is 0 Å². The first-order chi connectivity index (χ1) is 11.0. The zero-order valence-electron chi connectivity index (χ0n) is 13.8. The molecule has 0 aromatic heterocycles. The maximum atomic E-state index is 12.4. The van der Waals surface area contributed by atoms with Crippen LogP contribution in [-0.4, -0.2) is 53.8 Å². The van der Waals surface area contributed by atoms with Crippen molar-refractivity contribution in [1.82, 2.24) is 15.5 Å². The van der Waals surface area contributed by atoms with Crippen molar-refractivity contribution in [3.63, 3.8) is 0 Å². The quantitative estimate of drug-likeness (QED) is 0.568. The van der Waals surface area contributed by atoms with E-state index >= 15 is 0 Å². The molecule has 0 aromatic carbocycles. The molecule has 130 valence electrons. The number of unbranched alkanes of at least 4 members (excludes halogenated alkanes) is 1. The van der Waals surface area contributed by atoms with E-state index in [2.05, 4.69) is 10.6 Å². The van der Waals surface area contributed by atoms with E-state index in [1.807, 2.05) is 4.90 Å². The van der Waals surface area contributed by atoms with E-state index in [9.17, 15) is 14.4 Å². The minimum absolute atomic E-state index is 0.0218. The number of amides is 3. The number of nitrogens with zero attached hydrogens (tertiary/aromatic N) is 1. The molecule has 2 heterocycles. The summed E-state index contributed by atoms with van der Waals surface area (Å²) in [6.07, 6.45) is 5.62. The fourth-order valence-electron chi connectivity index (χ4n) is 3.35. The second-order valence-electron chi connectivity index (χ2n) is 6.50. The van der Waals surface area contributed by atoms with Crippen molar-refractivity contribution < 1.29 is 14.4 Å². The first kappa shape index (κ1) is 17.7. The van der Waals surface area contributed by atoms with Gasteiger partial charge in [0.1, 0.15) is 12.1 Å². The number of nitrogens with two attached hydrogens (primary N) is 1. The fourth-order valence-corrected chi connectivity index (χ4v) is 3.35. The molecule has 3 atom stereocenters. The first-order valence-electron chi connectivity index (χ1n) is 8.63. The molecule has 3 amide bonds. The molecule has 2 rings (SSSR count). The molecule has 7 heteroatoms. The van der Waals surface area contributed by atoms with Crippen LogP contribution >= 0.6 is 0 Å². The van der Waals surface area contributed by atoms with E-state index in [-0.39, 0.29) is 17.7 Å². The van der Waals surface area contributed by atoms with Gasteiger partial charge >= 0.3 is 0 Å². The molecular formula is C16H28N4O3. The van der Waals surface area contributed by atoms with Gasteiger partial charge in [0.05, 0.1) is 0 Å². The van der Waals surface area contributed by atoms with Crippen LogP contribution in [-0.2, 0) is 14.4 Å². The third-order valence-electron chi connectivity index (χ3n) is 4.69. The SMILES string of the molecule is C[C@@H](NC(=O)CCCCN)C(=O)N[C@@H]1CC[C@@H]2CCCN2C1=O. The van der Waals surface area contributed by atoms with Gasteiger partial charge in [-0.3, -0.25) is 14.4 Å². The molecule has 0 saturated carbocycles. The lowest BCUT2D eigenvalue weighted by Gasteiger charge is -2.35. The Balaban J connectivity index is 1.77. The largest absolute Gasteiger partial charge is 0.345 e. The smallest absolute Gasteiger partial charge is 0.245 e. The van der Waals surface area contributed by atoms with E-state index < -0.39 is 12.1 Å². The number of carbonyl (C=O) groups is 3. The van der Waals surface area contributed by atoms with Crippen molar-refractivity contribution in [3.8, 4) is 0 Å². The summed E-state index contributed by atoms with van der Waals surface area (Å²) in [7, 11) is 0. The number of fused-ring (bicyclic) bond motifs is 1. The number of hydrogen-bond acceptors (Lipinski definition) is 4. The van der Waals surface area contributed by atoms with Crippen LogP contribution < -0.4 is 16.4 Å². The van der Waals surface area contributed by atoms with Gasteiger partial charge in [0, 0.05) is 19.0 Å². The van der Waals surface area contributed by atoms with Gasteiger partial charge in [0.2, 0.25) is 17.7 Å². The Bertz CT molecular complexity index is 455. The molecule has 0 unspecified atom stereocenters. The fraction of sp³-hybridized carbons (Fsp3) is 0.812. The summed E-state index contributed by atoms with van der Waals surface area (Å²) in [4.78, 5) is 38.2. The highest BCUT2D eigenvalue weighted by Crippen LogP contribution is 2.27. The monoisotopic (exact) mass is 324 g/mol. The van der Waals surface area contributed by atoms with Gasteiger partial charge in [-0.15, -0.1) is 0 Å². The summed E-state index contributed by atoms with van der Waals surface area (Å²) < 4.78 is 0. The molecule has 0 aliphatic carbocycles. The Morgan fingerprint density at radius 3 is 2.83 bits per heavy atom. The number of rotatable bonds is 7. The lowest BCUT2D eigenvalue weighted by Crippen LogP contribution is -2.57. The molecular weight excluding hydrogens is 296 g/mol. The zero-order valence-corrected chi connectivity index (χ0v) is 13.8. The molecule has 2 fully saturated rings. The van der Waals surface area contributed by atoms with Crippen LogP contribution in [0.25, 0.3) is 0 Å². The second-order valence-corrected chi connectivity index (χ2v) is 6.50. The van der Waals surface area contributed by atoms with Gasteiger partial charge in [0.25, 0.3) is 0 Å². The van der Waals surface area contributed by atoms with Gasteiger partial charge in [0.15, 0.2) is 0 Å². The van der Waals surface area contributed by atoms with E-state index in [1.165, 1.54) is 0 Å². The maximum absolute atomic E-state index is 12.4. The normalized spacial score (nSPS) is 25.0. The van der Waals surface area contributed by atoms with Gasteiger partial charge in [-0.2, -0.15) is 0 Å². The molecule has 2 saturated heterocycles. The lowest BCUT2D eigenvalue weighted by molar-refractivity contribution is -0.140. The standard InChI is InChI=1S/C16H28N4O3/c1-11(18-14(21)6-2-3-9-17)15(22)19-13-8-7-12-5-4-10-20(12)16(13)23/h11-13H,2-10,17H2,1H3,(H,18,21)(H,19,22)/t11-,12+,13-/m1/s1. The minimum Gasteiger partial charge on any atom is -0.345 e. The summed E-state index contributed by atoms with van der Waals surface area (Å²) in [5.41, 5.74) is 5.39. The van der Waals surface area contributed by atoms with Crippen molar-refractivity contribution in [2.24, 2.45) is 5.73 Å². The third-order valence-corrected chi connectivity index (χ3v) is 4.69. The minimum atomic E-state index is -0.635. The summed E-state index contributed by atoms with van der Waals surface area (Å²) in [6.45, 7) is 3.00. The molecule has 0 spiro atoms. The highest BCUT2D eigenvalue weighted by atomic mass is 16.2. The maximum Gasteiger partial charge on any atom is 0.245 e. The number of carbonyl (C=O) groups excluding carboxylic acids is 3. The molecule has 4 N–H and O–H groups in total. The summed E-state index contributed by atoms with van der Waals surface area (Å²) in [5.74, 6) is -0.433. The zero-order chi connectivity index (χ0) is 16.8. The molecule has 2 aliphatic heterocycles. The molecule has 7 nitrogen and oxygen atoms in total. The van der Waals surface area contributed by atoms with Crippen molar-refractivity contribution in [3.05, 3.63) is 0 Å². The molecule has 0 aromatic rings. The van der Waals surface area contributed by atoms with Crippen molar-refractivity contribution in [2.45, 2.75) is 70.0 Å².